The van der Waals surface area contributed by atoms with Gasteiger partial charge in [-0.25, -0.2) is 0 Å². The first kappa shape index (κ1) is 48.7. The van der Waals surface area contributed by atoms with Crippen molar-refractivity contribution < 1.29 is 137 Å². The Hall–Kier alpha value is -11.9. The number of hydrogen-bond acceptors (Lipinski definition) is 27. The fourth-order valence-electron chi connectivity index (χ4n) is 9.42. The van der Waals surface area contributed by atoms with Crippen molar-refractivity contribution in [1.29, 1.82) is 0 Å². The van der Waals surface area contributed by atoms with Crippen LogP contribution in [0.25, 0.3) is 99.1 Å². The highest BCUT2D eigenvalue weighted by molar-refractivity contribution is 6.30. The SMILES string of the molecule is Oc1cc(-c2cc(-c3c(O)c(O)c(O)c(-c4c(O)c(O)c(O)c(O)c4O)c3O)c3oc4cc(-c5c6c(O)c(O)c(O)c(O)c6c(-c6c(O)c(O)c(O)c(O)c6O)c6c(O)c(O)c(O)c(O)c56)ccc4c3c2)c(O)c(O)c1O. The summed E-state index contributed by atoms with van der Waals surface area (Å²) >= 11 is 0. The van der Waals surface area contributed by atoms with Crippen molar-refractivity contribution in [1.82, 2.24) is 0 Å². The first-order valence-corrected chi connectivity index (χ1v) is 21.2. The predicted molar refractivity (Wildman–Crippen MR) is 259 cm³/mol. The Morgan fingerprint density at radius 2 is 0.571 bits per heavy atom. The Morgan fingerprint density at radius 3 is 1.03 bits per heavy atom. The first-order valence-electron chi connectivity index (χ1n) is 21.2. The predicted octanol–water partition coefficient (Wildman–Crippen LogP) is 6.57. The van der Waals surface area contributed by atoms with Crippen LogP contribution in [0.4, 0.5) is 0 Å². The molecule has 0 amide bonds. The second-order valence-electron chi connectivity index (χ2n) is 17.1. The minimum atomic E-state index is -1.58. The summed E-state index contributed by atoms with van der Waals surface area (Å²) in [7, 11) is 0. The Bertz CT molecular complexity index is 4260. The third-order valence-corrected chi connectivity index (χ3v) is 13.1. The van der Waals surface area contributed by atoms with Crippen LogP contribution in [0.3, 0.4) is 0 Å². The van der Waals surface area contributed by atoms with Crippen LogP contribution in [0.5, 0.6) is 149 Å². The third kappa shape index (κ3) is 6.11. The summed E-state index contributed by atoms with van der Waals surface area (Å²) < 4.78 is 6.27. The molecule has 9 aromatic carbocycles. The topological polar surface area (TPSA) is 539 Å². The summed E-state index contributed by atoms with van der Waals surface area (Å²) in [6.07, 6.45) is 0. The average Bonchev–Trinajstić information content (AvgIpc) is 3.99. The Balaban J connectivity index is 1.39. The maximum atomic E-state index is 12.0. The lowest BCUT2D eigenvalue weighted by Gasteiger charge is -2.23. The average molecular weight is 1060 g/mol. The number of hydrogen-bond donors (Lipinski definition) is 26. The number of rotatable bonds is 5. The zero-order valence-electron chi connectivity index (χ0n) is 37.5. The van der Waals surface area contributed by atoms with Crippen LogP contribution in [0.2, 0.25) is 0 Å². The van der Waals surface area contributed by atoms with Crippen LogP contribution < -0.4 is 0 Å². The molecule has 27 nitrogen and oxygen atoms in total. The molecule has 0 unspecified atom stereocenters. The fraction of sp³-hybridized carbons (Fsp3) is 0. The van der Waals surface area contributed by atoms with Gasteiger partial charge in [0.25, 0.3) is 0 Å². The molecule has 0 saturated heterocycles. The van der Waals surface area contributed by atoms with E-state index >= 15 is 0 Å². The molecule has 0 radical (unpaired) electrons. The summed E-state index contributed by atoms with van der Waals surface area (Å²) in [6, 6.07) is 5.99. The van der Waals surface area contributed by atoms with Gasteiger partial charge in [0.1, 0.15) is 16.9 Å². The fourth-order valence-corrected chi connectivity index (χ4v) is 9.42. The minimum Gasteiger partial charge on any atom is -0.506 e. The van der Waals surface area contributed by atoms with E-state index in [9.17, 15) is 133 Å². The zero-order chi connectivity index (χ0) is 56.4. The van der Waals surface area contributed by atoms with Gasteiger partial charge in [-0.15, -0.1) is 0 Å². The van der Waals surface area contributed by atoms with Crippen molar-refractivity contribution in [3.8, 4) is 205 Å². The molecular weight excluding hydrogens is 1030 g/mol. The van der Waals surface area contributed by atoms with Gasteiger partial charge in [-0.1, -0.05) is 6.07 Å². The summed E-state index contributed by atoms with van der Waals surface area (Å²) in [5.41, 5.74) is -9.69. The molecule has 0 aliphatic heterocycles. The van der Waals surface area contributed by atoms with Gasteiger partial charge in [-0.2, -0.15) is 0 Å². The molecule has 1 heterocycles. The van der Waals surface area contributed by atoms with Gasteiger partial charge >= 0.3 is 0 Å². The van der Waals surface area contributed by atoms with Crippen molar-refractivity contribution in [3.05, 3.63) is 36.4 Å². The highest BCUT2D eigenvalue weighted by atomic mass is 16.4. The summed E-state index contributed by atoms with van der Waals surface area (Å²) in [4.78, 5) is 0. The molecule has 10 rings (SSSR count). The Kier molecular flexibility index (Phi) is 10.00. The molecule has 0 saturated carbocycles. The standard InChI is InChI=1S/C50H32O27/c51-13-6-10(25(52)38(65)26(13)53)8-3-11-9-2-1-7(5-14(9)77-50(11)12(4-8)16-27(54)23(35(62)39(66)28(16)55)24-36(63)46(73)49(76)47(74)37(24)64)15-18-20(31(58)42(69)40(67)29(18)56)17(21-19(15)30(57)41(68)43(70)32(21)59)22-33(60)44(71)48(75)45(72)34(22)61/h1-6,51-76H. The molecule has 1 aromatic heterocycles. The third-order valence-electron chi connectivity index (χ3n) is 13.1. The highest BCUT2D eigenvalue weighted by Gasteiger charge is 2.38. The molecule has 0 aliphatic carbocycles. The van der Waals surface area contributed by atoms with Crippen molar-refractivity contribution in [2.45, 2.75) is 0 Å². The molecule has 10 aromatic rings. The van der Waals surface area contributed by atoms with Crippen LogP contribution in [-0.4, -0.2) is 133 Å². The summed E-state index contributed by atoms with van der Waals surface area (Å²) in [6.45, 7) is 0. The number of phenolic OH excluding ortho intramolecular Hbond substituents is 26. The van der Waals surface area contributed by atoms with E-state index in [-0.39, 0.29) is 16.3 Å². The van der Waals surface area contributed by atoms with E-state index in [1.54, 1.807) is 0 Å². The lowest BCUT2D eigenvalue weighted by molar-refractivity contribution is 0.329. The van der Waals surface area contributed by atoms with Crippen LogP contribution in [0, 0.1) is 0 Å². The van der Waals surface area contributed by atoms with Crippen LogP contribution in [0.1, 0.15) is 0 Å². The van der Waals surface area contributed by atoms with E-state index < -0.39 is 232 Å². The minimum absolute atomic E-state index is 0.111. The summed E-state index contributed by atoms with van der Waals surface area (Å²) in [5.74, 6) is -38.2. The van der Waals surface area contributed by atoms with Crippen molar-refractivity contribution in [2.24, 2.45) is 0 Å². The monoisotopic (exact) mass is 1060 g/mol. The molecule has 0 spiro atoms. The second kappa shape index (κ2) is 15.8. The molecule has 0 fully saturated rings. The largest absolute Gasteiger partial charge is 0.506 e. The van der Waals surface area contributed by atoms with Gasteiger partial charge in [0.2, 0.25) is 74.7 Å². The van der Waals surface area contributed by atoms with Gasteiger partial charge in [0.05, 0.1) is 22.3 Å². The Morgan fingerprint density at radius 1 is 0.221 bits per heavy atom. The molecule has 0 atom stereocenters. The summed E-state index contributed by atoms with van der Waals surface area (Å²) in [5, 5.41) is 280. The lowest BCUT2D eigenvalue weighted by atomic mass is 9.83. The van der Waals surface area contributed by atoms with Gasteiger partial charge in [-0.3, -0.25) is 0 Å². The van der Waals surface area contributed by atoms with Crippen molar-refractivity contribution in [3.63, 3.8) is 0 Å². The number of phenols is 26. The molecule has 77 heavy (non-hydrogen) atoms. The maximum absolute atomic E-state index is 12.0. The number of benzene rings is 9. The van der Waals surface area contributed by atoms with Gasteiger partial charge in [-0.05, 0) is 41.5 Å². The van der Waals surface area contributed by atoms with E-state index in [2.05, 4.69) is 0 Å². The van der Waals surface area contributed by atoms with Crippen LogP contribution in [0.15, 0.2) is 40.8 Å². The lowest BCUT2D eigenvalue weighted by Crippen LogP contribution is -1.95. The maximum Gasteiger partial charge on any atom is 0.208 e. The van der Waals surface area contributed by atoms with Gasteiger partial charge in [0.15, 0.2) is 69.0 Å². The van der Waals surface area contributed by atoms with Gasteiger partial charge < -0.3 is 137 Å². The van der Waals surface area contributed by atoms with Crippen LogP contribution in [-0.2, 0) is 0 Å². The molecule has 26 N–H and O–H groups in total. The molecule has 27 heteroatoms. The molecule has 0 bridgehead atoms. The number of furan rings is 1. The molecular formula is C50H32O27. The Labute approximate surface area is 421 Å². The van der Waals surface area contributed by atoms with E-state index in [0.717, 1.165) is 36.4 Å². The quantitative estimate of drug-likeness (QED) is 0.0492. The van der Waals surface area contributed by atoms with Crippen molar-refractivity contribution in [2.75, 3.05) is 0 Å². The number of aromatic hydroxyl groups is 26. The smallest absolute Gasteiger partial charge is 0.208 e. The van der Waals surface area contributed by atoms with Crippen LogP contribution >= 0.6 is 0 Å². The zero-order valence-corrected chi connectivity index (χ0v) is 37.5. The highest BCUT2D eigenvalue weighted by Crippen LogP contribution is 2.67. The normalized spacial score (nSPS) is 11.7. The molecule has 394 valence electrons. The van der Waals surface area contributed by atoms with E-state index in [1.807, 2.05) is 0 Å². The number of fused-ring (bicyclic) bond motifs is 5. The van der Waals surface area contributed by atoms with E-state index in [1.165, 1.54) is 0 Å². The van der Waals surface area contributed by atoms with Gasteiger partial charge in [0, 0.05) is 54.6 Å². The first-order chi connectivity index (χ1) is 36.1. The molecule has 0 aliphatic rings. The van der Waals surface area contributed by atoms with E-state index in [4.69, 9.17) is 4.42 Å². The van der Waals surface area contributed by atoms with E-state index in [0.29, 0.717) is 0 Å². The van der Waals surface area contributed by atoms with Crippen molar-refractivity contribution >= 4 is 43.5 Å². The second-order valence-corrected chi connectivity index (χ2v) is 17.1.